The third kappa shape index (κ3) is 3.47. The van der Waals surface area contributed by atoms with Crippen LogP contribution in [0.4, 0.5) is 0 Å². The molecule has 1 amide bonds. The van der Waals surface area contributed by atoms with Gasteiger partial charge in [0.25, 0.3) is 0 Å². The van der Waals surface area contributed by atoms with Crippen molar-refractivity contribution in [3.05, 3.63) is 16.3 Å². The third-order valence-corrected chi connectivity index (χ3v) is 3.88. The molecule has 0 bridgehead atoms. The molecule has 1 aliphatic rings. The van der Waals surface area contributed by atoms with E-state index in [1.165, 1.54) is 0 Å². The number of aryl methyl sites for hydroxylation is 1. The average Bonchev–Trinajstić information content (AvgIpc) is 2.67. The van der Waals surface area contributed by atoms with E-state index < -0.39 is 0 Å². The molecule has 7 nitrogen and oxygen atoms in total. The Morgan fingerprint density at radius 1 is 1.45 bits per heavy atom. The molecule has 20 heavy (non-hydrogen) atoms. The zero-order chi connectivity index (χ0) is 14.5. The molecule has 2 rings (SSSR count). The van der Waals surface area contributed by atoms with Crippen LogP contribution in [0.15, 0.2) is 4.79 Å². The van der Waals surface area contributed by atoms with Gasteiger partial charge in [0.05, 0.1) is 6.54 Å². The molecular weight excluding hydrogens is 258 g/mol. The van der Waals surface area contributed by atoms with Crippen molar-refractivity contribution < 1.29 is 4.79 Å². The molecule has 112 valence electrons. The normalized spacial score (nSPS) is 18.6. The van der Waals surface area contributed by atoms with Gasteiger partial charge < -0.3 is 5.32 Å². The Morgan fingerprint density at radius 2 is 2.20 bits per heavy atom. The molecule has 2 N–H and O–H groups in total. The molecule has 0 aromatic carbocycles. The number of nitrogens with zero attached hydrogens (tertiary/aromatic N) is 3. The summed E-state index contributed by atoms with van der Waals surface area (Å²) in [6, 6.07) is 0.124. The second kappa shape index (κ2) is 6.69. The number of hydrogen-bond donors (Lipinski definition) is 2. The summed E-state index contributed by atoms with van der Waals surface area (Å²) in [6.07, 6.45) is 2.32. The maximum atomic E-state index is 12.0. The number of H-pyrrole nitrogens is 1. The highest BCUT2D eigenvalue weighted by molar-refractivity contribution is 5.78. The number of rotatable bonds is 5. The van der Waals surface area contributed by atoms with Crippen molar-refractivity contribution in [3.63, 3.8) is 0 Å². The predicted molar refractivity (Wildman–Crippen MR) is 75.5 cm³/mol. The van der Waals surface area contributed by atoms with Crippen LogP contribution in [-0.4, -0.2) is 51.2 Å². The predicted octanol–water partition coefficient (Wildman–Crippen LogP) is -0.266. The van der Waals surface area contributed by atoms with E-state index in [1.54, 1.807) is 4.57 Å². The number of hydrogen-bond acceptors (Lipinski definition) is 4. The summed E-state index contributed by atoms with van der Waals surface area (Å²) in [4.78, 5) is 25.6. The van der Waals surface area contributed by atoms with E-state index in [9.17, 15) is 9.59 Å². The second-order valence-electron chi connectivity index (χ2n) is 5.15. The van der Waals surface area contributed by atoms with E-state index >= 15 is 0 Å². The first-order chi connectivity index (χ1) is 9.63. The van der Waals surface area contributed by atoms with Crippen LogP contribution in [0.2, 0.25) is 0 Å². The van der Waals surface area contributed by atoms with Crippen molar-refractivity contribution in [3.8, 4) is 0 Å². The molecule has 0 saturated heterocycles. The number of carbonyl (C=O) groups is 1. The first kappa shape index (κ1) is 14.8. The van der Waals surface area contributed by atoms with E-state index in [-0.39, 0.29) is 17.6 Å². The minimum atomic E-state index is -0.157. The summed E-state index contributed by atoms with van der Waals surface area (Å²) in [7, 11) is 0. The third-order valence-electron chi connectivity index (χ3n) is 3.88. The summed E-state index contributed by atoms with van der Waals surface area (Å²) < 4.78 is 1.66. The number of carbonyl (C=O) groups excluding carboxylic acids is 1. The first-order valence-corrected chi connectivity index (χ1v) is 7.29. The maximum Gasteiger partial charge on any atom is 0.343 e. The Bertz CT molecular complexity index is 503. The Kier molecular flexibility index (Phi) is 4.94. The van der Waals surface area contributed by atoms with Gasteiger partial charge in [-0.05, 0) is 25.9 Å². The van der Waals surface area contributed by atoms with Crippen LogP contribution >= 0.6 is 0 Å². The Labute approximate surface area is 118 Å². The van der Waals surface area contributed by atoms with Crippen LogP contribution in [0.25, 0.3) is 0 Å². The van der Waals surface area contributed by atoms with Crippen molar-refractivity contribution in [2.24, 2.45) is 0 Å². The molecule has 1 atom stereocenters. The molecule has 1 aromatic heterocycles. The van der Waals surface area contributed by atoms with Gasteiger partial charge in [-0.25, -0.2) is 9.89 Å². The highest BCUT2D eigenvalue weighted by Gasteiger charge is 2.20. The zero-order valence-corrected chi connectivity index (χ0v) is 12.2. The lowest BCUT2D eigenvalue weighted by molar-refractivity contribution is -0.123. The van der Waals surface area contributed by atoms with E-state index in [0.29, 0.717) is 13.1 Å². The molecule has 7 heteroatoms. The lowest BCUT2D eigenvalue weighted by atomic mass is 10.1. The Hall–Kier alpha value is -1.63. The van der Waals surface area contributed by atoms with Crippen molar-refractivity contribution in [2.45, 2.75) is 45.7 Å². The quantitative estimate of drug-likeness (QED) is 0.778. The summed E-state index contributed by atoms with van der Waals surface area (Å²) in [5.74, 6) is 0.850. The summed E-state index contributed by atoms with van der Waals surface area (Å²) in [6.45, 7) is 6.90. The van der Waals surface area contributed by atoms with E-state index in [1.807, 2.05) is 13.8 Å². The van der Waals surface area contributed by atoms with Gasteiger partial charge in [-0.1, -0.05) is 13.8 Å². The van der Waals surface area contributed by atoms with Crippen molar-refractivity contribution in [1.82, 2.24) is 25.0 Å². The lowest BCUT2D eigenvalue weighted by Gasteiger charge is -2.21. The highest BCUT2D eigenvalue weighted by Crippen LogP contribution is 2.11. The van der Waals surface area contributed by atoms with E-state index in [0.717, 1.165) is 38.2 Å². The van der Waals surface area contributed by atoms with Gasteiger partial charge in [-0.3, -0.25) is 14.3 Å². The van der Waals surface area contributed by atoms with Crippen LogP contribution in [0.3, 0.4) is 0 Å². The van der Waals surface area contributed by atoms with Gasteiger partial charge in [0, 0.05) is 19.0 Å². The number of amides is 1. The first-order valence-electron chi connectivity index (χ1n) is 7.29. The number of nitrogens with one attached hydrogen (secondary N) is 2. The Balaban J connectivity index is 1.87. The van der Waals surface area contributed by atoms with Crippen LogP contribution in [-0.2, 0) is 17.8 Å². The molecule has 0 radical (unpaired) electrons. The lowest BCUT2D eigenvalue weighted by Crippen LogP contribution is -2.42. The maximum absolute atomic E-state index is 12.0. The monoisotopic (exact) mass is 281 g/mol. The fraction of sp³-hybridized carbons (Fsp3) is 0.769. The fourth-order valence-electron chi connectivity index (χ4n) is 2.57. The minimum Gasteiger partial charge on any atom is -0.352 e. The van der Waals surface area contributed by atoms with Crippen molar-refractivity contribution >= 4 is 5.91 Å². The largest absolute Gasteiger partial charge is 0.352 e. The number of aromatic amines is 1. The molecular formula is C13H23N5O2. The number of aromatic nitrogens is 3. The molecule has 1 unspecified atom stereocenters. The van der Waals surface area contributed by atoms with Crippen LogP contribution in [0.1, 0.15) is 32.5 Å². The summed E-state index contributed by atoms with van der Waals surface area (Å²) >= 11 is 0. The van der Waals surface area contributed by atoms with Gasteiger partial charge in [0.15, 0.2) is 0 Å². The van der Waals surface area contributed by atoms with Crippen LogP contribution < -0.4 is 11.0 Å². The number of likely N-dealkylation sites (N-methyl/N-ethyl adjacent to an activating group) is 1. The van der Waals surface area contributed by atoms with Crippen LogP contribution in [0.5, 0.6) is 0 Å². The number of fused-ring (bicyclic) bond motifs is 1. The fourth-order valence-corrected chi connectivity index (χ4v) is 2.57. The van der Waals surface area contributed by atoms with Crippen molar-refractivity contribution in [1.29, 1.82) is 0 Å². The molecule has 2 heterocycles. The topological polar surface area (TPSA) is 83.0 Å². The molecule has 0 fully saturated rings. The smallest absolute Gasteiger partial charge is 0.343 e. The van der Waals surface area contributed by atoms with Gasteiger partial charge in [-0.15, -0.1) is 0 Å². The van der Waals surface area contributed by atoms with E-state index in [4.69, 9.17) is 0 Å². The Morgan fingerprint density at radius 3 is 2.90 bits per heavy atom. The van der Waals surface area contributed by atoms with Gasteiger partial charge in [-0.2, -0.15) is 5.10 Å². The zero-order valence-electron chi connectivity index (χ0n) is 12.2. The highest BCUT2D eigenvalue weighted by atomic mass is 16.2. The molecule has 0 saturated carbocycles. The second-order valence-corrected chi connectivity index (χ2v) is 5.15. The SMILES string of the molecule is CCN(CC)CC(=O)NC1CCc2n[nH]c(=O)n2CC1. The molecule has 1 aromatic rings. The summed E-state index contributed by atoms with van der Waals surface area (Å²) in [5, 5.41) is 9.54. The summed E-state index contributed by atoms with van der Waals surface area (Å²) in [5.41, 5.74) is -0.157. The minimum absolute atomic E-state index is 0.0622. The van der Waals surface area contributed by atoms with Gasteiger partial charge in [0.2, 0.25) is 5.91 Å². The van der Waals surface area contributed by atoms with Crippen molar-refractivity contribution in [2.75, 3.05) is 19.6 Å². The van der Waals surface area contributed by atoms with Gasteiger partial charge in [0.1, 0.15) is 5.82 Å². The van der Waals surface area contributed by atoms with E-state index in [2.05, 4.69) is 20.4 Å². The standard InChI is InChI=1S/C13H23N5O2/c1-3-17(4-2)9-12(19)14-10-5-6-11-15-16-13(20)18(11)8-7-10/h10H,3-9H2,1-2H3,(H,14,19)(H,16,20). The van der Waals surface area contributed by atoms with Crippen LogP contribution in [0, 0.1) is 0 Å². The molecule has 1 aliphatic heterocycles. The average molecular weight is 281 g/mol. The van der Waals surface area contributed by atoms with Gasteiger partial charge >= 0.3 is 5.69 Å². The molecule has 0 aliphatic carbocycles. The molecule has 0 spiro atoms.